The fourth-order valence-corrected chi connectivity index (χ4v) is 3.50. The first kappa shape index (κ1) is 37.7. The zero-order valence-electron chi connectivity index (χ0n) is 24.6. The average molecular weight is 595 g/mol. The molecule has 39 heavy (non-hydrogen) atoms. The lowest BCUT2D eigenvalue weighted by Crippen LogP contribution is -2.36. The van der Waals surface area contributed by atoms with Crippen molar-refractivity contribution in [3.05, 3.63) is 0 Å². The van der Waals surface area contributed by atoms with Crippen LogP contribution in [0.25, 0.3) is 0 Å². The Hall–Kier alpha value is -1.30. The SMILES string of the molecule is CC(C)(COC(=O)CCCCCOC(=O)CCP)COC(=O)C(C)(C)COC(=O)CCCCCOCCCP. The van der Waals surface area contributed by atoms with Gasteiger partial charge >= 0.3 is 23.9 Å². The molecule has 0 amide bonds. The van der Waals surface area contributed by atoms with Gasteiger partial charge in [0.25, 0.3) is 0 Å². The van der Waals surface area contributed by atoms with E-state index in [1.54, 1.807) is 13.8 Å². The van der Waals surface area contributed by atoms with Crippen molar-refractivity contribution in [2.24, 2.45) is 10.8 Å². The van der Waals surface area contributed by atoms with Crippen molar-refractivity contribution in [2.75, 3.05) is 52.0 Å². The number of esters is 4. The highest BCUT2D eigenvalue weighted by molar-refractivity contribution is 7.16. The van der Waals surface area contributed by atoms with Gasteiger partial charge in [0, 0.05) is 37.9 Å². The summed E-state index contributed by atoms with van der Waals surface area (Å²) in [5, 5.41) is 0. The van der Waals surface area contributed by atoms with Crippen molar-refractivity contribution < 1.29 is 42.9 Å². The molecule has 0 saturated heterocycles. The number of hydrogen-bond acceptors (Lipinski definition) is 9. The van der Waals surface area contributed by atoms with E-state index in [-0.39, 0.29) is 44.1 Å². The zero-order chi connectivity index (χ0) is 29.6. The van der Waals surface area contributed by atoms with Gasteiger partial charge in [0.1, 0.15) is 6.61 Å². The van der Waals surface area contributed by atoms with Gasteiger partial charge in [-0.15, -0.1) is 18.5 Å². The van der Waals surface area contributed by atoms with Gasteiger partial charge in [-0.3, -0.25) is 19.2 Å². The van der Waals surface area contributed by atoms with Crippen molar-refractivity contribution in [1.82, 2.24) is 0 Å². The summed E-state index contributed by atoms with van der Waals surface area (Å²) >= 11 is 0. The largest absolute Gasteiger partial charge is 0.466 e. The lowest BCUT2D eigenvalue weighted by atomic mass is 9.93. The van der Waals surface area contributed by atoms with E-state index in [4.69, 9.17) is 23.7 Å². The van der Waals surface area contributed by atoms with E-state index in [1.165, 1.54) is 0 Å². The van der Waals surface area contributed by atoms with Crippen molar-refractivity contribution in [1.29, 1.82) is 0 Å². The molecule has 228 valence electrons. The number of carbonyl (C=O) groups is 4. The molecular formula is C28H52O9P2. The van der Waals surface area contributed by atoms with Crippen LogP contribution in [0.15, 0.2) is 0 Å². The molecule has 9 nitrogen and oxygen atoms in total. The van der Waals surface area contributed by atoms with Crippen LogP contribution in [0.3, 0.4) is 0 Å². The van der Waals surface area contributed by atoms with Crippen LogP contribution in [-0.2, 0) is 42.9 Å². The first-order valence-corrected chi connectivity index (χ1v) is 15.7. The average Bonchev–Trinajstić information content (AvgIpc) is 2.88. The molecule has 0 aliphatic carbocycles. The van der Waals surface area contributed by atoms with Gasteiger partial charge in [0.2, 0.25) is 0 Å². The van der Waals surface area contributed by atoms with Gasteiger partial charge in [-0.25, -0.2) is 0 Å². The van der Waals surface area contributed by atoms with Gasteiger partial charge in [0.05, 0.1) is 25.2 Å². The fourth-order valence-electron chi connectivity index (χ4n) is 3.10. The number of carbonyl (C=O) groups excluding carboxylic acids is 4. The molecule has 0 bridgehead atoms. The second-order valence-electron chi connectivity index (χ2n) is 11.1. The molecule has 0 aromatic carbocycles. The number of unbranched alkanes of at least 4 members (excludes halogenated alkanes) is 4. The molecule has 0 heterocycles. The third kappa shape index (κ3) is 22.1. The van der Waals surface area contributed by atoms with Crippen LogP contribution in [0, 0.1) is 10.8 Å². The van der Waals surface area contributed by atoms with Gasteiger partial charge in [0.15, 0.2) is 0 Å². The molecule has 0 aromatic rings. The Bertz CT molecular complexity index is 711. The van der Waals surface area contributed by atoms with Crippen LogP contribution in [0.4, 0.5) is 0 Å². The summed E-state index contributed by atoms with van der Waals surface area (Å²) in [4.78, 5) is 48.0. The smallest absolute Gasteiger partial charge is 0.315 e. The van der Waals surface area contributed by atoms with Crippen molar-refractivity contribution in [2.45, 2.75) is 91.9 Å². The second-order valence-corrected chi connectivity index (χ2v) is 12.2. The minimum atomic E-state index is -0.988. The normalized spacial score (nSPS) is 11.6. The Morgan fingerprint density at radius 3 is 1.64 bits per heavy atom. The molecule has 0 rings (SSSR count). The molecular weight excluding hydrogens is 542 g/mol. The fraction of sp³-hybridized carbons (Fsp3) is 0.857. The Balaban J connectivity index is 4.06. The Morgan fingerprint density at radius 2 is 1.05 bits per heavy atom. The minimum Gasteiger partial charge on any atom is -0.466 e. The van der Waals surface area contributed by atoms with E-state index < -0.39 is 16.8 Å². The van der Waals surface area contributed by atoms with Crippen LogP contribution in [0.1, 0.15) is 91.9 Å². The number of hydrogen-bond donors (Lipinski definition) is 0. The minimum absolute atomic E-state index is 0.0604. The van der Waals surface area contributed by atoms with Crippen LogP contribution in [0.2, 0.25) is 0 Å². The molecule has 2 unspecified atom stereocenters. The molecule has 0 fully saturated rings. The first-order chi connectivity index (χ1) is 18.4. The summed E-state index contributed by atoms with van der Waals surface area (Å²) in [6, 6.07) is 0. The van der Waals surface area contributed by atoms with E-state index in [0.29, 0.717) is 45.1 Å². The molecule has 11 heteroatoms. The third-order valence-electron chi connectivity index (χ3n) is 5.66. The predicted molar refractivity (Wildman–Crippen MR) is 158 cm³/mol. The lowest BCUT2D eigenvalue weighted by molar-refractivity contribution is -0.165. The second kappa shape index (κ2) is 22.4. The summed E-state index contributed by atoms with van der Waals surface area (Å²) < 4.78 is 26.7. The Labute approximate surface area is 239 Å². The van der Waals surface area contributed by atoms with Crippen LogP contribution in [0.5, 0.6) is 0 Å². The van der Waals surface area contributed by atoms with Crippen molar-refractivity contribution in [3.8, 4) is 0 Å². The predicted octanol–water partition coefficient (Wildman–Crippen LogP) is 4.88. The lowest BCUT2D eigenvalue weighted by Gasteiger charge is -2.27. The summed E-state index contributed by atoms with van der Waals surface area (Å²) in [7, 11) is 5.16. The van der Waals surface area contributed by atoms with Crippen molar-refractivity contribution in [3.63, 3.8) is 0 Å². The maximum Gasteiger partial charge on any atom is 0.315 e. The maximum absolute atomic E-state index is 12.6. The van der Waals surface area contributed by atoms with E-state index in [0.717, 1.165) is 44.9 Å². The van der Waals surface area contributed by atoms with E-state index in [1.807, 2.05) is 13.8 Å². The van der Waals surface area contributed by atoms with E-state index in [9.17, 15) is 19.2 Å². The molecule has 0 spiro atoms. The van der Waals surface area contributed by atoms with Gasteiger partial charge in [-0.1, -0.05) is 20.3 Å². The zero-order valence-corrected chi connectivity index (χ0v) is 26.9. The van der Waals surface area contributed by atoms with Crippen LogP contribution >= 0.6 is 18.5 Å². The van der Waals surface area contributed by atoms with E-state index in [2.05, 4.69) is 18.5 Å². The summed E-state index contributed by atoms with van der Waals surface area (Å²) in [5.74, 6) is -1.33. The van der Waals surface area contributed by atoms with Gasteiger partial charge in [-0.05, 0) is 64.7 Å². The highest BCUT2D eigenvalue weighted by Gasteiger charge is 2.33. The highest BCUT2D eigenvalue weighted by Crippen LogP contribution is 2.22. The number of ether oxygens (including phenoxy) is 5. The monoisotopic (exact) mass is 594 g/mol. The van der Waals surface area contributed by atoms with Gasteiger partial charge < -0.3 is 23.7 Å². The molecule has 0 aromatic heterocycles. The summed E-state index contributed by atoms with van der Waals surface area (Å²) in [5.41, 5.74) is -1.55. The third-order valence-corrected chi connectivity index (χ3v) is 6.36. The molecule has 0 aliphatic rings. The molecule has 0 N–H and O–H groups in total. The number of rotatable bonds is 24. The summed E-state index contributed by atoms with van der Waals surface area (Å²) in [6.45, 7) is 8.98. The Kier molecular flexibility index (Phi) is 21.6. The molecule has 2 atom stereocenters. The highest BCUT2D eigenvalue weighted by atomic mass is 31.0. The van der Waals surface area contributed by atoms with E-state index >= 15 is 0 Å². The Morgan fingerprint density at radius 1 is 0.538 bits per heavy atom. The molecule has 0 radical (unpaired) electrons. The molecule has 0 aliphatic heterocycles. The first-order valence-electron chi connectivity index (χ1n) is 14.1. The van der Waals surface area contributed by atoms with Gasteiger partial charge in [-0.2, -0.15) is 0 Å². The quantitative estimate of drug-likeness (QED) is 0.0668. The topological polar surface area (TPSA) is 114 Å². The maximum atomic E-state index is 12.6. The van der Waals surface area contributed by atoms with Crippen LogP contribution in [-0.4, -0.2) is 75.8 Å². The summed E-state index contributed by atoms with van der Waals surface area (Å²) in [6.07, 6.45) is 8.35. The van der Waals surface area contributed by atoms with Crippen LogP contribution < -0.4 is 0 Å². The van der Waals surface area contributed by atoms with Crippen molar-refractivity contribution >= 4 is 42.4 Å². The standard InChI is InChI=1S/C28H52O9P2/c1-27(2,20-35-23(29)12-8-6-10-17-34-25(31)14-19-39)21-37-26(32)28(3,4)22-36-24(30)13-7-5-9-15-33-16-11-18-38/h5-22,38-39H2,1-4H3. The molecule has 0 saturated carbocycles.